The van der Waals surface area contributed by atoms with Crippen molar-refractivity contribution in [1.82, 2.24) is 0 Å². The fourth-order valence-electron chi connectivity index (χ4n) is 3.15. The molecule has 2 atom stereocenters. The van der Waals surface area contributed by atoms with Crippen LogP contribution in [0, 0.1) is 5.41 Å². The van der Waals surface area contributed by atoms with Gasteiger partial charge in [0.2, 0.25) is 5.91 Å². The number of nitrogens with one attached hydrogen (secondary N) is 1. The van der Waals surface area contributed by atoms with Crippen LogP contribution in [0.15, 0.2) is 54.6 Å². The zero-order valence-corrected chi connectivity index (χ0v) is 17.7. The summed E-state index contributed by atoms with van der Waals surface area (Å²) in [5.74, 6) is -0.913. The molecule has 0 fully saturated rings. The molecule has 1 heterocycles. The minimum atomic E-state index is -1.34. The third kappa shape index (κ3) is 4.66. The van der Waals surface area contributed by atoms with Crippen molar-refractivity contribution in [2.75, 3.05) is 11.9 Å². The fourth-order valence-corrected chi connectivity index (χ4v) is 4.37. The van der Waals surface area contributed by atoms with Crippen molar-refractivity contribution in [3.05, 3.63) is 65.0 Å². The van der Waals surface area contributed by atoms with Gasteiger partial charge in [-0.05, 0) is 56.0 Å². The number of ether oxygens (including phenoxy) is 1. The molecule has 2 aromatic carbocycles. The lowest BCUT2D eigenvalue weighted by atomic mass is 9.84. The summed E-state index contributed by atoms with van der Waals surface area (Å²) in [7, 11) is 0. The largest absolute Gasteiger partial charge is 0.465 e. The average molecular weight is 411 g/mol. The zero-order valence-electron chi connectivity index (χ0n) is 16.9. The molecule has 0 spiro atoms. The summed E-state index contributed by atoms with van der Waals surface area (Å²) < 4.78 is 6.38. The predicted molar refractivity (Wildman–Crippen MR) is 118 cm³/mol. The van der Waals surface area contributed by atoms with Crippen molar-refractivity contribution in [3.63, 3.8) is 0 Å². The van der Waals surface area contributed by atoms with Crippen LogP contribution in [0.2, 0.25) is 0 Å². The van der Waals surface area contributed by atoms with Crippen LogP contribution in [0.4, 0.5) is 5.69 Å². The first-order chi connectivity index (χ1) is 13.8. The fraction of sp³-hybridized carbons (Fsp3) is 0.304. The normalized spacial score (nSPS) is 14.2. The number of carbonyl (C=O) groups is 2. The first-order valence-corrected chi connectivity index (χ1v) is 10.5. The van der Waals surface area contributed by atoms with E-state index < -0.39 is 11.4 Å². The molecule has 3 rings (SSSR count). The van der Waals surface area contributed by atoms with Crippen LogP contribution in [-0.4, -0.2) is 18.5 Å². The number of fused-ring (bicyclic) bond motifs is 1. The van der Waals surface area contributed by atoms with Crippen LogP contribution in [-0.2, 0) is 20.7 Å². The smallest absolute Gasteiger partial charge is 0.321 e. The van der Waals surface area contributed by atoms with Crippen molar-refractivity contribution in [3.8, 4) is 0 Å². The van der Waals surface area contributed by atoms with Gasteiger partial charge in [0, 0.05) is 27.7 Å². The van der Waals surface area contributed by atoms with Gasteiger partial charge in [-0.1, -0.05) is 30.3 Å². The molecule has 0 aliphatic heterocycles. The first kappa shape index (κ1) is 21.0. The number of rotatable bonds is 7. The SMILES string of the molecule is CCOC(=O)C(C)(Cc1cc2ccccc2s1)C(=O)Nc1ccc(C(C)N)cc1. The molecule has 0 radical (unpaired) electrons. The van der Waals surface area contributed by atoms with Crippen LogP contribution in [0.25, 0.3) is 10.1 Å². The van der Waals surface area contributed by atoms with E-state index in [9.17, 15) is 9.59 Å². The lowest BCUT2D eigenvalue weighted by Crippen LogP contribution is -2.43. The van der Waals surface area contributed by atoms with E-state index in [2.05, 4.69) is 5.32 Å². The molecular formula is C23H26N2O3S. The quantitative estimate of drug-likeness (QED) is 0.438. The summed E-state index contributed by atoms with van der Waals surface area (Å²) in [5.41, 5.74) is 6.13. The van der Waals surface area contributed by atoms with Gasteiger partial charge in [0.25, 0.3) is 0 Å². The second-order valence-electron chi connectivity index (χ2n) is 7.34. The van der Waals surface area contributed by atoms with E-state index >= 15 is 0 Å². The molecule has 5 nitrogen and oxygen atoms in total. The van der Waals surface area contributed by atoms with Crippen LogP contribution in [0.1, 0.15) is 37.3 Å². The van der Waals surface area contributed by atoms with Crippen molar-refractivity contribution in [2.45, 2.75) is 33.2 Å². The van der Waals surface area contributed by atoms with E-state index in [1.807, 2.05) is 49.4 Å². The van der Waals surface area contributed by atoms with Gasteiger partial charge in [-0.25, -0.2) is 0 Å². The van der Waals surface area contributed by atoms with Gasteiger partial charge in [-0.2, -0.15) is 0 Å². The molecule has 6 heteroatoms. The summed E-state index contributed by atoms with van der Waals surface area (Å²) in [5, 5.41) is 3.97. The summed E-state index contributed by atoms with van der Waals surface area (Å²) in [6, 6.07) is 17.3. The number of carbonyl (C=O) groups excluding carboxylic acids is 2. The van der Waals surface area contributed by atoms with E-state index in [1.165, 1.54) is 0 Å². The Morgan fingerprint density at radius 2 is 1.86 bits per heavy atom. The molecule has 1 amide bonds. The standard InChI is InChI=1S/C23H26N2O3S/c1-4-28-22(27)23(3,14-19-13-17-7-5-6-8-20(17)29-19)21(26)25-18-11-9-16(10-12-18)15(2)24/h5-13,15H,4,14,24H2,1-3H3,(H,25,26). The lowest BCUT2D eigenvalue weighted by molar-refractivity contribution is -0.158. The monoisotopic (exact) mass is 410 g/mol. The Morgan fingerprint density at radius 3 is 2.48 bits per heavy atom. The van der Waals surface area contributed by atoms with Gasteiger partial charge >= 0.3 is 5.97 Å². The molecule has 29 heavy (non-hydrogen) atoms. The number of esters is 1. The molecule has 2 unspecified atom stereocenters. The van der Waals surface area contributed by atoms with E-state index in [4.69, 9.17) is 10.5 Å². The highest BCUT2D eigenvalue weighted by atomic mass is 32.1. The minimum Gasteiger partial charge on any atom is -0.465 e. The van der Waals surface area contributed by atoms with Crippen LogP contribution >= 0.6 is 11.3 Å². The molecule has 0 bridgehead atoms. The molecule has 0 aliphatic rings. The maximum Gasteiger partial charge on any atom is 0.321 e. The number of benzene rings is 2. The molecule has 3 aromatic rings. The molecule has 152 valence electrons. The average Bonchev–Trinajstić information content (AvgIpc) is 3.10. The Labute approximate surface area is 174 Å². The number of amides is 1. The topological polar surface area (TPSA) is 81.4 Å². The van der Waals surface area contributed by atoms with Gasteiger partial charge in [0.05, 0.1) is 6.61 Å². The lowest BCUT2D eigenvalue weighted by Gasteiger charge is -2.25. The Morgan fingerprint density at radius 1 is 1.17 bits per heavy atom. The van der Waals surface area contributed by atoms with Gasteiger partial charge in [-0.15, -0.1) is 11.3 Å². The zero-order chi connectivity index (χ0) is 21.0. The van der Waals surface area contributed by atoms with Crippen molar-refractivity contribution >= 4 is 39.0 Å². The molecule has 1 aromatic heterocycles. The third-order valence-corrected chi connectivity index (χ3v) is 6.04. The number of anilines is 1. The number of hydrogen-bond donors (Lipinski definition) is 2. The molecule has 0 saturated heterocycles. The Hall–Kier alpha value is -2.70. The number of hydrogen-bond acceptors (Lipinski definition) is 5. The van der Waals surface area contributed by atoms with E-state index in [1.54, 1.807) is 37.3 Å². The van der Waals surface area contributed by atoms with Gasteiger partial charge in [-0.3, -0.25) is 9.59 Å². The minimum absolute atomic E-state index is 0.0856. The Balaban J connectivity index is 1.86. The van der Waals surface area contributed by atoms with Gasteiger partial charge in [0.1, 0.15) is 5.41 Å². The first-order valence-electron chi connectivity index (χ1n) is 9.65. The summed E-state index contributed by atoms with van der Waals surface area (Å²) in [4.78, 5) is 26.9. The van der Waals surface area contributed by atoms with Crippen LogP contribution in [0.3, 0.4) is 0 Å². The second kappa shape index (κ2) is 8.76. The predicted octanol–water partition coefficient (Wildman–Crippen LogP) is 4.67. The van der Waals surface area contributed by atoms with Crippen molar-refractivity contribution in [2.24, 2.45) is 11.1 Å². The highest BCUT2D eigenvalue weighted by molar-refractivity contribution is 7.19. The Kier molecular flexibility index (Phi) is 6.35. The van der Waals surface area contributed by atoms with Crippen LogP contribution < -0.4 is 11.1 Å². The Bertz CT molecular complexity index is 977. The van der Waals surface area contributed by atoms with Crippen molar-refractivity contribution < 1.29 is 14.3 Å². The summed E-state index contributed by atoms with van der Waals surface area (Å²) in [6.07, 6.45) is 0.273. The highest BCUT2D eigenvalue weighted by Crippen LogP contribution is 2.33. The summed E-state index contributed by atoms with van der Waals surface area (Å²) in [6.45, 7) is 5.50. The van der Waals surface area contributed by atoms with Crippen molar-refractivity contribution in [1.29, 1.82) is 0 Å². The van der Waals surface area contributed by atoms with Gasteiger partial charge < -0.3 is 15.8 Å². The molecule has 0 saturated carbocycles. The number of thiophene rings is 1. The maximum atomic E-state index is 13.2. The molecular weight excluding hydrogens is 384 g/mol. The highest BCUT2D eigenvalue weighted by Gasteiger charge is 2.43. The number of nitrogens with two attached hydrogens (primary N) is 1. The molecule has 3 N–H and O–H groups in total. The maximum absolute atomic E-state index is 13.2. The second-order valence-corrected chi connectivity index (χ2v) is 8.51. The van der Waals surface area contributed by atoms with E-state index in [0.717, 1.165) is 20.5 Å². The molecule has 0 aliphatic carbocycles. The van der Waals surface area contributed by atoms with E-state index in [-0.39, 0.29) is 25.0 Å². The van der Waals surface area contributed by atoms with E-state index in [0.29, 0.717) is 5.69 Å². The summed E-state index contributed by atoms with van der Waals surface area (Å²) >= 11 is 1.59. The van der Waals surface area contributed by atoms with Crippen LogP contribution in [0.5, 0.6) is 0 Å². The third-order valence-electron chi connectivity index (χ3n) is 4.93. The van der Waals surface area contributed by atoms with Gasteiger partial charge in [0.15, 0.2) is 0 Å².